The van der Waals surface area contributed by atoms with Crippen LogP contribution in [-0.2, 0) is 16.0 Å². The number of likely N-dealkylation sites (N-methyl/N-ethyl adjacent to an activating group) is 1. The molecule has 1 amide bonds. The molecule has 0 atom stereocenters. The van der Waals surface area contributed by atoms with E-state index >= 15 is 0 Å². The Morgan fingerprint density at radius 3 is 2.38 bits per heavy atom. The number of benzene rings is 1. The molecule has 0 aliphatic carbocycles. The number of ketones is 1. The number of nitrogens with zero attached hydrogens (tertiary/aromatic N) is 2. The zero-order valence-electron chi connectivity index (χ0n) is 12.5. The van der Waals surface area contributed by atoms with Gasteiger partial charge in [-0.2, -0.15) is 0 Å². The number of hydrogen-bond acceptors (Lipinski definition) is 4. The molecule has 1 heterocycles. The lowest BCUT2D eigenvalue weighted by molar-refractivity contribution is -0.121. The van der Waals surface area contributed by atoms with E-state index in [-0.39, 0.29) is 18.5 Å². The van der Waals surface area contributed by atoms with Crippen molar-refractivity contribution in [2.45, 2.75) is 13.3 Å². The monoisotopic (exact) mass is 290 g/mol. The van der Waals surface area contributed by atoms with Gasteiger partial charge < -0.3 is 14.5 Å². The zero-order chi connectivity index (χ0) is 15.1. The predicted octanol–water partition coefficient (Wildman–Crippen LogP) is 1.57. The Kier molecular flexibility index (Phi) is 5.75. The fourth-order valence-electron chi connectivity index (χ4n) is 2.35. The summed E-state index contributed by atoms with van der Waals surface area (Å²) in [6, 6.07) is 9.47. The topological polar surface area (TPSA) is 49.9 Å². The van der Waals surface area contributed by atoms with Crippen molar-refractivity contribution in [3.8, 4) is 0 Å². The first-order chi connectivity index (χ1) is 10.2. The normalized spacial score (nSPS) is 15.8. The second-order valence-electron chi connectivity index (χ2n) is 5.18. The second-order valence-corrected chi connectivity index (χ2v) is 5.18. The molecule has 5 heteroatoms. The minimum absolute atomic E-state index is 0.0817. The highest BCUT2D eigenvalue weighted by Crippen LogP contribution is 2.04. The Morgan fingerprint density at radius 2 is 1.76 bits per heavy atom. The highest BCUT2D eigenvalue weighted by molar-refractivity contribution is 5.84. The molecule has 0 bridgehead atoms. The molecule has 21 heavy (non-hydrogen) atoms. The van der Waals surface area contributed by atoms with Crippen LogP contribution in [-0.4, -0.2) is 61.0 Å². The van der Waals surface area contributed by atoms with E-state index in [0.717, 1.165) is 25.2 Å². The van der Waals surface area contributed by atoms with Crippen LogP contribution in [0.15, 0.2) is 30.3 Å². The fraction of sp³-hybridized carbons (Fsp3) is 0.500. The van der Waals surface area contributed by atoms with Crippen LogP contribution in [0.4, 0.5) is 4.79 Å². The van der Waals surface area contributed by atoms with E-state index in [4.69, 9.17) is 4.74 Å². The number of carbonyl (C=O) groups is 2. The van der Waals surface area contributed by atoms with E-state index in [2.05, 4.69) is 11.8 Å². The van der Waals surface area contributed by atoms with Gasteiger partial charge in [-0.15, -0.1) is 0 Å². The molecule has 0 radical (unpaired) electrons. The number of Topliss-reactive ketones (excluding diaryl/α,β-unsaturated/α-hetero) is 1. The van der Waals surface area contributed by atoms with Crippen molar-refractivity contribution in [2.75, 3.05) is 39.3 Å². The van der Waals surface area contributed by atoms with Crippen LogP contribution in [0, 0.1) is 0 Å². The molecule has 0 N–H and O–H groups in total. The predicted molar refractivity (Wildman–Crippen MR) is 80.2 cm³/mol. The average molecular weight is 290 g/mol. The SMILES string of the molecule is CCN1CCN(C(=O)OCC(=O)Cc2ccccc2)CC1. The minimum Gasteiger partial charge on any atom is -0.441 e. The maximum absolute atomic E-state index is 11.9. The third-order valence-corrected chi connectivity index (χ3v) is 3.68. The summed E-state index contributed by atoms with van der Waals surface area (Å²) < 4.78 is 5.10. The van der Waals surface area contributed by atoms with E-state index in [1.54, 1.807) is 4.90 Å². The molecule has 0 aromatic heterocycles. The number of ether oxygens (including phenoxy) is 1. The maximum Gasteiger partial charge on any atom is 0.410 e. The smallest absolute Gasteiger partial charge is 0.410 e. The summed E-state index contributed by atoms with van der Waals surface area (Å²) in [5, 5.41) is 0. The van der Waals surface area contributed by atoms with Crippen molar-refractivity contribution in [2.24, 2.45) is 0 Å². The summed E-state index contributed by atoms with van der Waals surface area (Å²) in [5.74, 6) is -0.0817. The Labute approximate surface area is 125 Å². The summed E-state index contributed by atoms with van der Waals surface area (Å²) in [4.78, 5) is 27.6. The number of amides is 1. The molecule has 0 unspecified atom stereocenters. The van der Waals surface area contributed by atoms with Gasteiger partial charge in [0.2, 0.25) is 0 Å². The minimum atomic E-state index is -0.382. The summed E-state index contributed by atoms with van der Waals surface area (Å²) in [6.07, 6.45) is -0.0789. The highest BCUT2D eigenvalue weighted by Gasteiger charge is 2.21. The van der Waals surface area contributed by atoms with E-state index < -0.39 is 0 Å². The summed E-state index contributed by atoms with van der Waals surface area (Å²) in [6.45, 7) is 6.02. The molecule has 1 aliphatic heterocycles. The van der Waals surface area contributed by atoms with Crippen LogP contribution in [0.5, 0.6) is 0 Å². The Morgan fingerprint density at radius 1 is 1.10 bits per heavy atom. The zero-order valence-corrected chi connectivity index (χ0v) is 12.5. The van der Waals surface area contributed by atoms with Gasteiger partial charge in [-0.05, 0) is 12.1 Å². The standard InChI is InChI=1S/C16H22N2O3/c1-2-17-8-10-18(11-9-17)16(20)21-13-15(19)12-14-6-4-3-5-7-14/h3-7H,2,8-13H2,1H3. The number of hydrogen-bond donors (Lipinski definition) is 0. The summed E-state index contributed by atoms with van der Waals surface area (Å²) in [5.41, 5.74) is 0.940. The number of piperazine rings is 1. The van der Waals surface area contributed by atoms with Gasteiger partial charge in [-0.25, -0.2) is 4.79 Å². The fourth-order valence-corrected chi connectivity index (χ4v) is 2.35. The molecule has 1 fully saturated rings. The van der Waals surface area contributed by atoms with E-state index in [0.29, 0.717) is 19.5 Å². The van der Waals surface area contributed by atoms with Gasteiger partial charge in [0.15, 0.2) is 12.4 Å². The second kappa shape index (κ2) is 7.78. The molecule has 0 spiro atoms. The maximum atomic E-state index is 11.9. The van der Waals surface area contributed by atoms with E-state index in [1.807, 2.05) is 30.3 Å². The Balaban J connectivity index is 1.70. The molecule has 1 aromatic rings. The molecule has 1 aliphatic rings. The largest absolute Gasteiger partial charge is 0.441 e. The third kappa shape index (κ3) is 4.86. The first kappa shape index (κ1) is 15.5. The van der Waals surface area contributed by atoms with Crippen LogP contribution in [0.25, 0.3) is 0 Å². The lowest BCUT2D eigenvalue weighted by Gasteiger charge is -2.33. The van der Waals surface area contributed by atoms with Gasteiger partial charge in [0.05, 0.1) is 0 Å². The van der Waals surface area contributed by atoms with E-state index in [1.165, 1.54) is 0 Å². The first-order valence-electron chi connectivity index (χ1n) is 7.38. The quantitative estimate of drug-likeness (QED) is 0.826. The molecule has 1 aromatic carbocycles. The Hall–Kier alpha value is -1.88. The first-order valence-corrected chi connectivity index (χ1v) is 7.38. The summed E-state index contributed by atoms with van der Waals surface area (Å²) >= 11 is 0. The number of carbonyl (C=O) groups excluding carboxylic acids is 2. The van der Waals surface area contributed by atoms with Crippen molar-refractivity contribution in [1.29, 1.82) is 0 Å². The molecule has 1 saturated heterocycles. The molecular formula is C16H22N2O3. The van der Waals surface area contributed by atoms with Crippen molar-refractivity contribution < 1.29 is 14.3 Å². The van der Waals surface area contributed by atoms with Crippen molar-refractivity contribution in [1.82, 2.24) is 9.80 Å². The van der Waals surface area contributed by atoms with Gasteiger partial charge in [0, 0.05) is 32.6 Å². The van der Waals surface area contributed by atoms with Crippen LogP contribution in [0.2, 0.25) is 0 Å². The third-order valence-electron chi connectivity index (χ3n) is 3.68. The van der Waals surface area contributed by atoms with Gasteiger partial charge in [0.1, 0.15) is 0 Å². The van der Waals surface area contributed by atoms with Gasteiger partial charge in [-0.3, -0.25) is 4.79 Å². The lowest BCUT2D eigenvalue weighted by atomic mass is 10.1. The van der Waals surface area contributed by atoms with Crippen molar-refractivity contribution in [3.05, 3.63) is 35.9 Å². The molecule has 2 rings (SSSR count). The Bertz CT molecular complexity index is 468. The van der Waals surface area contributed by atoms with Crippen molar-refractivity contribution in [3.63, 3.8) is 0 Å². The molecule has 5 nitrogen and oxygen atoms in total. The molecule has 0 saturated carbocycles. The van der Waals surface area contributed by atoms with Crippen LogP contribution >= 0.6 is 0 Å². The van der Waals surface area contributed by atoms with Crippen LogP contribution < -0.4 is 0 Å². The molecular weight excluding hydrogens is 268 g/mol. The van der Waals surface area contributed by atoms with Crippen LogP contribution in [0.1, 0.15) is 12.5 Å². The van der Waals surface area contributed by atoms with Gasteiger partial charge >= 0.3 is 6.09 Å². The van der Waals surface area contributed by atoms with Gasteiger partial charge in [-0.1, -0.05) is 37.3 Å². The van der Waals surface area contributed by atoms with Crippen LogP contribution in [0.3, 0.4) is 0 Å². The molecule has 114 valence electrons. The highest BCUT2D eigenvalue weighted by atomic mass is 16.6. The van der Waals surface area contributed by atoms with E-state index in [9.17, 15) is 9.59 Å². The lowest BCUT2D eigenvalue weighted by Crippen LogP contribution is -2.48. The summed E-state index contributed by atoms with van der Waals surface area (Å²) in [7, 11) is 0. The number of rotatable bonds is 5. The average Bonchev–Trinajstić information content (AvgIpc) is 2.53. The van der Waals surface area contributed by atoms with Gasteiger partial charge in [0.25, 0.3) is 0 Å². The van der Waals surface area contributed by atoms with Crippen molar-refractivity contribution >= 4 is 11.9 Å².